The molecule has 2 N–H and O–H groups in total. The van der Waals surface area contributed by atoms with Gasteiger partial charge in [-0.2, -0.15) is 0 Å². The van der Waals surface area contributed by atoms with E-state index in [1.807, 2.05) is 30.3 Å². The highest BCUT2D eigenvalue weighted by Gasteiger charge is 2.10. The standard InChI is InChI=1S/C19H26N2OS/c1-13(2)16-10-11-18(23-16)20-17(22)12-14-6-8-15(9-7-14)21-19(3,4)5/h6-11,13,21H,12H2,1-5H3,(H,20,22). The zero-order valence-electron chi connectivity index (χ0n) is 14.6. The third kappa shape index (κ3) is 5.71. The molecule has 0 bridgehead atoms. The van der Waals surface area contributed by atoms with E-state index in [9.17, 15) is 4.79 Å². The van der Waals surface area contributed by atoms with E-state index in [1.165, 1.54) is 4.88 Å². The Morgan fingerprint density at radius 3 is 2.26 bits per heavy atom. The predicted molar refractivity (Wildman–Crippen MR) is 101 cm³/mol. The Bertz CT molecular complexity index is 651. The second-order valence-electron chi connectivity index (χ2n) is 7.15. The van der Waals surface area contributed by atoms with Gasteiger partial charge in [0.05, 0.1) is 11.4 Å². The van der Waals surface area contributed by atoms with Crippen LogP contribution in [0.3, 0.4) is 0 Å². The molecule has 124 valence electrons. The number of hydrogen-bond acceptors (Lipinski definition) is 3. The number of hydrogen-bond donors (Lipinski definition) is 2. The summed E-state index contributed by atoms with van der Waals surface area (Å²) in [5, 5.41) is 7.32. The number of carbonyl (C=O) groups excluding carboxylic acids is 1. The van der Waals surface area contributed by atoms with Crippen LogP contribution in [0.1, 0.15) is 51.0 Å². The van der Waals surface area contributed by atoms with E-state index in [0.717, 1.165) is 16.3 Å². The van der Waals surface area contributed by atoms with E-state index in [-0.39, 0.29) is 11.4 Å². The molecule has 0 radical (unpaired) electrons. The van der Waals surface area contributed by atoms with Crippen LogP contribution in [0.4, 0.5) is 10.7 Å². The quantitative estimate of drug-likeness (QED) is 0.785. The number of thiophene rings is 1. The van der Waals surface area contributed by atoms with Crippen LogP contribution >= 0.6 is 11.3 Å². The first kappa shape index (κ1) is 17.5. The molecular formula is C19H26N2OS. The lowest BCUT2D eigenvalue weighted by Gasteiger charge is -2.22. The molecule has 23 heavy (non-hydrogen) atoms. The Hall–Kier alpha value is -1.81. The van der Waals surface area contributed by atoms with Crippen LogP contribution < -0.4 is 10.6 Å². The minimum absolute atomic E-state index is 0.0266. The van der Waals surface area contributed by atoms with Gasteiger partial charge in [0.1, 0.15) is 0 Å². The molecular weight excluding hydrogens is 304 g/mol. The number of amides is 1. The van der Waals surface area contributed by atoms with E-state index >= 15 is 0 Å². The molecule has 1 amide bonds. The molecule has 0 aliphatic carbocycles. The molecule has 0 unspecified atom stereocenters. The lowest BCUT2D eigenvalue weighted by atomic mass is 10.1. The fraction of sp³-hybridized carbons (Fsp3) is 0.421. The normalized spacial score (nSPS) is 11.6. The fourth-order valence-corrected chi connectivity index (χ4v) is 3.16. The summed E-state index contributed by atoms with van der Waals surface area (Å²) < 4.78 is 0. The number of nitrogens with one attached hydrogen (secondary N) is 2. The average Bonchev–Trinajstić information content (AvgIpc) is 2.88. The lowest BCUT2D eigenvalue weighted by Crippen LogP contribution is -2.25. The van der Waals surface area contributed by atoms with Crippen molar-refractivity contribution in [3.63, 3.8) is 0 Å². The van der Waals surface area contributed by atoms with Crippen molar-refractivity contribution in [2.75, 3.05) is 10.6 Å². The summed E-state index contributed by atoms with van der Waals surface area (Å²) in [7, 11) is 0. The van der Waals surface area contributed by atoms with Crippen LogP contribution in [0.15, 0.2) is 36.4 Å². The van der Waals surface area contributed by atoms with Gasteiger partial charge in [0.25, 0.3) is 0 Å². The van der Waals surface area contributed by atoms with Gasteiger partial charge in [0.15, 0.2) is 0 Å². The van der Waals surface area contributed by atoms with E-state index in [2.05, 4.69) is 51.3 Å². The Labute approximate surface area is 143 Å². The molecule has 0 saturated carbocycles. The van der Waals surface area contributed by atoms with Gasteiger partial charge >= 0.3 is 0 Å². The largest absolute Gasteiger partial charge is 0.380 e. The van der Waals surface area contributed by atoms with Crippen LogP contribution in [0, 0.1) is 0 Å². The van der Waals surface area contributed by atoms with Crippen molar-refractivity contribution in [3.05, 3.63) is 46.8 Å². The van der Waals surface area contributed by atoms with Crippen molar-refractivity contribution < 1.29 is 4.79 Å². The van der Waals surface area contributed by atoms with Crippen LogP contribution in [-0.2, 0) is 11.2 Å². The fourth-order valence-electron chi connectivity index (χ4n) is 2.24. The van der Waals surface area contributed by atoms with Gasteiger partial charge in [-0.15, -0.1) is 11.3 Å². The average molecular weight is 330 g/mol. The molecule has 0 spiro atoms. The molecule has 0 atom stereocenters. The highest BCUT2D eigenvalue weighted by Crippen LogP contribution is 2.28. The van der Waals surface area contributed by atoms with Gasteiger partial charge in [0, 0.05) is 16.1 Å². The second kappa shape index (κ2) is 7.18. The summed E-state index contributed by atoms with van der Waals surface area (Å²) in [6.45, 7) is 10.7. The van der Waals surface area contributed by atoms with Crippen LogP contribution in [0.25, 0.3) is 0 Å². The molecule has 0 saturated heterocycles. The van der Waals surface area contributed by atoms with Crippen molar-refractivity contribution in [2.24, 2.45) is 0 Å². The molecule has 1 aromatic carbocycles. The third-order valence-electron chi connectivity index (χ3n) is 3.30. The minimum atomic E-state index is 0.0266. The maximum Gasteiger partial charge on any atom is 0.229 e. The van der Waals surface area contributed by atoms with E-state index in [0.29, 0.717) is 12.3 Å². The van der Waals surface area contributed by atoms with Crippen LogP contribution in [0.5, 0.6) is 0 Å². The summed E-state index contributed by atoms with van der Waals surface area (Å²) in [5.74, 6) is 0.521. The first-order chi connectivity index (χ1) is 10.7. The van der Waals surface area contributed by atoms with Gasteiger partial charge in [-0.25, -0.2) is 0 Å². The summed E-state index contributed by atoms with van der Waals surface area (Å²) in [6.07, 6.45) is 0.394. The van der Waals surface area contributed by atoms with Gasteiger partial charge in [0.2, 0.25) is 5.91 Å². The first-order valence-electron chi connectivity index (χ1n) is 7.99. The highest BCUT2D eigenvalue weighted by molar-refractivity contribution is 7.16. The summed E-state index contributed by atoms with van der Waals surface area (Å²) in [6, 6.07) is 12.1. The second-order valence-corrected chi connectivity index (χ2v) is 8.27. The van der Waals surface area contributed by atoms with Crippen LogP contribution in [-0.4, -0.2) is 11.4 Å². The maximum atomic E-state index is 12.2. The van der Waals surface area contributed by atoms with Crippen molar-refractivity contribution >= 4 is 27.9 Å². The van der Waals surface area contributed by atoms with E-state index in [1.54, 1.807) is 11.3 Å². The van der Waals surface area contributed by atoms with Crippen molar-refractivity contribution in [1.29, 1.82) is 0 Å². The van der Waals surface area contributed by atoms with Crippen LogP contribution in [0.2, 0.25) is 0 Å². The minimum Gasteiger partial charge on any atom is -0.380 e. The molecule has 3 nitrogen and oxygen atoms in total. The first-order valence-corrected chi connectivity index (χ1v) is 8.81. The Balaban J connectivity index is 1.92. The van der Waals surface area contributed by atoms with Gasteiger partial charge in [-0.05, 0) is 56.5 Å². The van der Waals surface area contributed by atoms with Crippen molar-refractivity contribution in [3.8, 4) is 0 Å². The SMILES string of the molecule is CC(C)c1ccc(NC(=O)Cc2ccc(NC(C)(C)C)cc2)s1. The Morgan fingerprint density at radius 2 is 1.74 bits per heavy atom. The van der Waals surface area contributed by atoms with Gasteiger partial charge in [-0.1, -0.05) is 26.0 Å². The molecule has 1 heterocycles. The molecule has 0 aliphatic rings. The van der Waals surface area contributed by atoms with Crippen molar-refractivity contribution in [2.45, 2.75) is 52.5 Å². The van der Waals surface area contributed by atoms with Gasteiger partial charge in [-0.3, -0.25) is 4.79 Å². The predicted octanol–water partition coefficient (Wildman–Crippen LogP) is 5.26. The highest BCUT2D eigenvalue weighted by atomic mass is 32.1. The number of rotatable bonds is 5. The molecule has 0 fully saturated rings. The number of benzene rings is 1. The maximum absolute atomic E-state index is 12.2. The van der Waals surface area contributed by atoms with E-state index in [4.69, 9.17) is 0 Å². The summed E-state index contributed by atoms with van der Waals surface area (Å²) in [5.41, 5.74) is 2.12. The molecule has 1 aromatic heterocycles. The summed E-state index contributed by atoms with van der Waals surface area (Å²) in [4.78, 5) is 13.4. The topological polar surface area (TPSA) is 41.1 Å². The summed E-state index contributed by atoms with van der Waals surface area (Å²) >= 11 is 1.65. The zero-order chi connectivity index (χ0) is 17.0. The van der Waals surface area contributed by atoms with Gasteiger partial charge < -0.3 is 10.6 Å². The molecule has 2 aromatic rings. The third-order valence-corrected chi connectivity index (χ3v) is 4.60. The Kier molecular flexibility index (Phi) is 5.47. The number of carbonyl (C=O) groups is 1. The van der Waals surface area contributed by atoms with E-state index < -0.39 is 0 Å². The smallest absolute Gasteiger partial charge is 0.229 e. The molecule has 4 heteroatoms. The zero-order valence-corrected chi connectivity index (χ0v) is 15.4. The lowest BCUT2D eigenvalue weighted by molar-refractivity contribution is -0.115. The Morgan fingerprint density at radius 1 is 1.09 bits per heavy atom. The molecule has 0 aliphatic heterocycles. The number of anilines is 2. The molecule has 2 rings (SSSR count). The van der Waals surface area contributed by atoms with Crippen molar-refractivity contribution in [1.82, 2.24) is 0 Å². The monoisotopic (exact) mass is 330 g/mol.